The van der Waals surface area contributed by atoms with Crippen molar-refractivity contribution in [2.75, 3.05) is 13.1 Å². The monoisotopic (exact) mass is 193 g/mol. The number of hydrogen-bond acceptors (Lipinski definition) is 2. The van der Waals surface area contributed by atoms with Crippen molar-refractivity contribution in [1.82, 2.24) is 5.32 Å². The summed E-state index contributed by atoms with van der Waals surface area (Å²) in [6.45, 7) is 1.60. The summed E-state index contributed by atoms with van der Waals surface area (Å²) in [5.41, 5.74) is 0.485. The summed E-state index contributed by atoms with van der Waals surface area (Å²) in [6.07, 6.45) is 0.856. The number of hydrogen-bond donors (Lipinski definition) is 1. The van der Waals surface area contributed by atoms with Gasteiger partial charge in [0.25, 0.3) is 0 Å². The van der Waals surface area contributed by atoms with Crippen molar-refractivity contribution >= 4 is 5.78 Å². The Hall–Kier alpha value is -1.22. The first-order valence-electron chi connectivity index (χ1n) is 4.78. The molecule has 0 saturated carbocycles. The minimum atomic E-state index is -0.346. The lowest BCUT2D eigenvalue weighted by Crippen LogP contribution is -2.17. The van der Waals surface area contributed by atoms with Crippen molar-refractivity contribution in [2.45, 2.75) is 6.42 Å². The Morgan fingerprint density at radius 3 is 3.00 bits per heavy atom. The molecule has 1 fully saturated rings. The fourth-order valence-electron chi connectivity index (χ4n) is 1.76. The van der Waals surface area contributed by atoms with E-state index < -0.39 is 0 Å². The van der Waals surface area contributed by atoms with E-state index in [0.717, 1.165) is 19.5 Å². The van der Waals surface area contributed by atoms with Crippen LogP contribution in [0.15, 0.2) is 24.3 Å². The molecule has 1 N–H and O–H groups in total. The summed E-state index contributed by atoms with van der Waals surface area (Å²) < 4.78 is 12.8. The average Bonchev–Trinajstić information content (AvgIpc) is 2.69. The maximum absolute atomic E-state index is 12.8. The predicted octanol–water partition coefficient (Wildman–Crippen LogP) is 1.62. The van der Waals surface area contributed by atoms with Crippen LogP contribution in [-0.4, -0.2) is 18.9 Å². The van der Waals surface area contributed by atoms with Gasteiger partial charge in [-0.2, -0.15) is 0 Å². The molecule has 1 unspecified atom stereocenters. The van der Waals surface area contributed by atoms with E-state index in [4.69, 9.17) is 0 Å². The van der Waals surface area contributed by atoms with Crippen molar-refractivity contribution in [3.8, 4) is 0 Å². The van der Waals surface area contributed by atoms with Gasteiger partial charge in [0.15, 0.2) is 5.78 Å². The van der Waals surface area contributed by atoms with Crippen LogP contribution in [0.5, 0.6) is 0 Å². The van der Waals surface area contributed by atoms with Gasteiger partial charge in [-0.15, -0.1) is 0 Å². The average molecular weight is 193 g/mol. The van der Waals surface area contributed by atoms with Gasteiger partial charge in [-0.1, -0.05) is 12.1 Å². The minimum absolute atomic E-state index is 0.0248. The number of ketones is 1. The van der Waals surface area contributed by atoms with E-state index in [0.29, 0.717) is 5.56 Å². The molecule has 0 amide bonds. The normalized spacial score (nSPS) is 21.1. The zero-order chi connectivity index (χ0) is 9.97. The molecular formula is C11H12FNO. The highest BCUT2D eigenvalue weighted by atomic mass is 19.1. The molecule has 0 radical (unpaired) electrons. The third-order valence-electron chi connectivity index (χ3n) is 2.54. The van der Waals surface area contributed by atoms with E-state index in [2.05, 4.69) is 5.32 Å². The molecule has 14 heavy (non-hydrogen) atoms. The van der Waals surface area contributed by atoms with Crippen LogP contribution in [0.25, 0.3) is 0 Å². The SMILES string of the molecule is O=C(c1cccc(F)c1)C1CCNC1. The summed E-state index contributed by atoms with van der Waals surface area (Å²) in [5, 5.41) is 3.12. The van der Waals surface area contributed by atoms with Crippen molar-refractivity contribution in [1.29, 1.82) is 0 Å². The molecule has 1 aliphatic rings. The van der Waals surface area contributed by atoms with Crippen LogP contribution in [0.2, 0.25) is 0 Å². The van der Waals surface area contributed by atoms with Gasteiger partial charge >= 0.3 is 0 Å². The van der Waals surface area contributed by atoms with Gasteiger partial charge in [-0.25, -0.2) is 4.39 Å². The number of carbonyl (C=O) groups excluding carboxylic acids is 1. The highest BCUT2D eigenvalue weighted by Gasteiger charge is 2.23. The van der Waals surface area contributed by atoms with Crippen LogP contribution in [-0.2, 0) is 0 Å². The molecule has 74 valence electrons. The van der Waals surface area contributed by atoms with E-state index in [9.17, 15) is 9.18 Å². The lowest BCUT2D eigenvalue weighted by atomic mass is 9.97. The third-order valence-corrected chi connectivity index (χ3v) is 2.54. The summed E-state index contributed by atoms with van der Waals surface area (Å²) in [6, 6.07) is 5.90. The van der Waals surface area contributed by atoms with E-state index in [1.165, 1.54) is 12.1 Å². The van der Waals surface area contributed by atoms with E-state index in [1.54, 1.807) is 12.1 Å². The smallest absolute Gasteiger partial charge is 0.167 e. The van der Waals surface area contributed by atoms with E-state index in [1.807, 2.05) is 0 Å². The Morgan fingerprint density at radius 1 is 1.50 bits per heavy atom. The second kappa shape index (κ2) is 3.88. The topological polar surface area (TPSA) is 29.1 Å². The maximum Gasteiger partial charge on any atom is 0.167 e. The zero-order valence-electron chi connectivity index (χ0n) is 7.79. The first-order valence-corrected chi connectivity index (χ1v) is 4.78. The highest BCUT2D eigenvalue weighted by molar-refractivity contribution is 5.98. The Morgan fingerprint density at radius 2 is 2.36 bits per heavy atom. The second-order valence-electron chi connectivity index (χ2n) is 3.56. The van der Waals surface area contributed by atoms with Crippen LogP contribution in [0, 0.1) is 11.7 Å². The quantitative estimate of drug-likeness (QED) is 0.723. The van der Waals surface area contributed by atoms with Gasteiger partial charge in [-0.05, 0) is 25.1 Å². The molecule has 1 atom stereocenters. The number of carbonyl (C=O) groups is 1. The van der Waals surface area contributed by atoms with Crippen LogP contribution in [0.3, 0.4) is 0 Å². The molecule has 1 heterocycles. The fourth-order valence-corrected chi connectivity index (χ4v) is 1.76. The highest BCUT2D eigenvalue weighted by Crippen LogP contribution is 2.15. The molecule has 2 nitrogen and oxygen atoms in total. The molecule has 2 rings (SSSR count). The van der Waals surface area contributed by atoms with E-state index in [-0.39, 0.29) is 17.5 Å². The van der Waals surface area contributed by atoms with Crippen molar-refractivity contribution in [3.05, 3.63) is 35.6 Å². The lowest BCUT2D eigenvalue weighted by Gasteiger charge is -2.06. The van der Waals surface area contributed by atoms with Crippen molar-refractivity contribution < 1.29 is 9.18 Å². The predicted molar refractivity (Wildman–Crippen MR) is 51.7 cm³/mol. The molecule has 0 spiro atoms. The van der Waals surface area contributed by atoms with Crippen LogP contribution >= 0.6 is 0 Å². The van der Waals surface area contributed by atoms with Gasteiger partial charge in [0.2, 0.25) is 0 Å². The number of rotatable bonds is 2. The number of halogens is 1. The van der Waals surface area contributed by atoms with Crippen LogP contribution in [0.4, 0.5) is 4.39 Å². The summed E-state index contributed by atoms with van der Waals surface area (Å²) in [5.74, 6) is -0.270. The maximum atomic E-state index is 12.8. The van der Waals surface area contributed by atoms with Crippen molar-refractivity contribution in [3.63, 3.8) is 0 Å². The zero-order valence-corrected chi connectivity index (χ0v) is 7.79. The first-order chi connectivity index (χ1) is 6.77. The Balaban J connectivity index is 2.17. The van der Waals surface area contributed by atoms with E-state index >= 15 is 0 Å². The van der Waals surface area contributed by atoms with Gasteiger partial charge in [0.05, 0.1) is 0 Å². The molecule has 0 aliphatic carbocycles. The number of nitrogens with one attached hydrogen (secondary N) is 1. The number of Topliss-reactive ketones (excluding diaryl/α,β-unsaturated/α-hetero) is 1. The fraction of sp³-hybridized carbons (Fsp3) is 0.364. The standard InChI is InChI=1S/C11H12FNO/c12-10-3-1-2-8(6-10)11(14)9-4-5-13-7-9/h1-3,6,9,13H,4-5,7H2. The van der Waals surface area contributed by atoms with Gasteiger partial charge < -0.3 is 5.32 Å². The summed E-state index contributed by atoms with van der Waals surface area (Å²) in [4.78, 5) is 11.8. The largest absolute Gasteiger partial charge is 0.316 e. The third kappa shape index (κ3) is 1.82. The molecule has 1 saturated heterocycles. The van der Waals surface area contributed by atoms with Crippen LogP contribution in [0.1, 0.15) is 16.8 Å². The first kappa shape index (κ1) is 9.34. The molecule has 0 bridgehead atoms. The minimum Gasteiger partial charge on any atom is -0.316 e. The Kier molecular flexibility index (Phi) is 2.59. The molecular weight excluding hydrogens is 181 g/mol. The molecule has 1 aliphatic heterocycles. The Bertz CT molecular complexity index is 345. The Labute approximate surface area is 82.1 Å². The summed E-state index contributed by atoms with van der Waals surface area (Å²) >= 11 is 0. The van der Waals surface area contributed by atoms with Crippen molar-refractivity contribution in [2.24, 2.45) is 5.92 Å². The van der Waals surface area contributed by atoms with Crippen LogP contribution < -0.4 is 5.32 Å². The summed E-state index contributed by atoms with van der Waals surface area (Å²) in [7, 11) is 0. The number of benzene rings is 1. The molecule has 1 aromatic rings. The van der Waals surface area contributed by atoms with Gasteiger partial charge in [-0.3, -0.25) is 4.79 Å². The van der Waals surface area contributed by atoms with Gasteiger partial charge in [0.1, 0.15) is 5.82 Å². The molecule has 3 heteroatoms. The molecule has 0 aromatic heterocycles. The lowest BCUT2D eigenvalue weighted by molar-refractivity contribution is 0.0930. The molecule has 1 aromatic carbocycles. The van der Waals surface area contributed by atoms with Gasteiger partial charge in [0, 0.05) is 18.0 Å². The second-order valence-corrected chi connectivity index (χ2v) is 3.56.